The van der Waals surface area contributed by atoms with Crippen LogP contribution in [0.2, 0.25) is 0 Å². The minimum Gasteiger partial charge on any atom is -0.497 e. The minimum absolute atomic E-state index is 0.0326. The fourth-order valence-electron chi connectivity index (χ4n) is 4.54. The van der Waals surface area contributed by atoms with Crippen molar-refractivity contribution in [2.45, 2.75) is 31.7 Å². The molecule has 2 heterocycles. The number of carbonyl (C=O) groups is 2. The summed E-state index contributed by atoms with van der Waals surface area (Å²) >= 11 is 0. The number of hydrogen-bond donors (Lipinski definition) is 0. The summed E-state index contributed by atoms with van der Waals surface area (Å²) in [6, 6.07) is 13.9. The SMILES string of the molecule is COc1ccc(C(=O)N2CCC(N3C(=O)CCc4ccccc43)CC2)c(N(C)C)c1. The normalized spacial score (nSPS) is 17.0. The van der Waals surface area contributed by atoms with Crippen molar-refractivity contribution in [2.24, 2.45) is 0 Å². The Bertz CT molecular complexity index is 948. The van der Waals surface area contributed by atoms with Crippen molar-refractivity contribution in [3.63, 3.8) is 0 Å². The number of benzene rings is 2. The summed E-state index contributed by atoms with van der Waals surface area (Å²) < 4.78 is 5.32. The lowest BCUT2D eigenvalue weighted by Crippen LogP contribution is -2.50. The molecule has 0 bridgehead atoms. The second kappa shape index (κ2) is 8.38. The molecule has 0 radical (unpaired) electrons. The van der Waals surface area contributed by atoms with Crippen molar-refractivity contribution >= 4 is 23.2 Å². The standard InChI is InChI=1S/C24H29N3O3/c1-25(2)22-16-19(30-3)9-10-20(22)24(29)26-14-12-18(13-15-26)27-21-7-5-4-6-17(21)8-11-23(27)28/h4-7,9-10,16,18H,8,11-15H2,1-3H3. The lowest BCUT2D eigenvalue weighted by molar-refractivity contribution is -0.119. The van der Waals surface area contributed by atoms with Crippen LogP contribution in [0.4, 0.5) is 11.4 Å². The third-order valence-electron chi connectivity index (χ3n) is 6.16. The summed E-state index contributed by atoms with van der Waals surface area (Å²) in [4.78, 5) is 31.8. The first-order valence-electron chi connectivity index (χ1n) is 10.5. The molecule has 0 aliphatic carbocycles. The van der Waals surface area contributed by atoms with Gasteiger partial charge in [0, 0.05) is 51.4 Å². The van der Waals surface area contributed by atoms with Gasteiger partial charge < -0.3 is 19.4 Å². The maximum atomic E-state index is 13.2. The molecule has 2 aliphatic rings. The molecule has 30 heavy (non-hydrogen) atoms. The largest absolute Gasteiger partial charge is 0.497 e. The third-order valence-corrected chi connectivity index (χ3v) is 6.16. The average Bonchev–Trinajstić information content (AvgIpc) is 2.78. The maximum absolute atomic E-state index is 13.2. The first-order valence-corrected chi connectivity index (χ1v) is 10.5. The lowest BCUT2D eigenvalue weighted by Gasteiger charge is -2.41. The number of methoxy groups -OCH3 is 1. The van der Waals surface area contributed by atoms with E-state index in [0.29, 0.717) is 25.1 Å². The predicted molar refractivity (Wildman–Crippen MR) is 118 cm³/mol. The number of piperidine rings is 1. The van der Waals surface area contributed by atoms with E-state index in [0.717, 1.165) is 36.4 Å². The number of ether oxygens (including phenoxy) is 1. The number of carbonyl (C=O) groups excluding carboxylic acids is 2. The van der Waals surface area contributed by atoms with Crippen LogP contribution in [0.3, 0.4) is 0 Å². The highest BCUT2D eigenvalue weighted by atomic mass is 16.5. The van der Waals surface area contributed by atoms with Gasteiger partial charge in [-0.05, 0) is 43.0 Å². The number of rotatable bonds is 4. The van der Waals surface area contributed by atoms with Crippen LogP contribution in [0.25, 0.3) is 0 Å². The molecule has 0 unspecified atom stereocenters. The van der Waals surface area contributed by atoms with Gasteiger partial charge in [-0.3, -0.25) is 9.59 Å². The zero-order valence-electron chi connectivity index (χ0n) is 17.9. The van der Waals surface area contributed by atoms with Gasteiger partial charge in [-0.25, -0.2) is 0 Å². The Morgan fingerprint density at radius 2 is 1.80 bits per heavy atom. The van der Waals surface area contributed by atoms with Crippen molar-refractivity contribution in [1.29, 1.82) is 0 Å². The second-order valence-corrected chi connectivity index (χ2v) is 8.19. The van der Waals surface area contributed by atoms with Crippen LogP contribution in [0.1, 0.15) is 35.2 Å². The monoisotopic (exact) mass is 407 g/mol. The topological polar surface area (TPSA) is 53.1 Å². The van der Waals surface area contributed by atoms with Gasteiger partial charge >= 0.3 is 0 Å². The van der Waals surface area contributed by atoms with Crippen molar-refractivity contribution in [1.82, 2.24) is 4.90 Å². The van der Waals surface area contributed by atoms with Crippen LogP contribution < -0.4 is 14.5 Å². The Kier molecular flexibility index (Phi) is 5.66. The van der Waals surface area contributed by atoms with E-state index in [1.807, 2.05) is 65.2 Å². The number of fused-ring (bicyclic) bond motifs is 1. The summed E-state index contributed by atoms with van der Waals surface area (Å²) in [6.45, 7) is 1.29. The molecule has 4 rings (SSSR count). The van der Waals surface area contributed by atoms with Crippen molar-refractivity contribution in [3.05, 3.63) is 53.6 Å². The van der Waals surface area contributed by atoms with E-state index in [4.69, 9.17) is 4.74 Å². The summed E-state index contributed by atoms with van der Waals surface area (Å²) in [5, 5.41) is 0. The van der Waals surface area contributed by atoms with Crippen LogP contribution in [-0.2, 0) is 11.2 Å². The van der Waals surface area contributed by atoms with Gasteiger partial charge in [0.15, 0.2) is 0 Å². The Balaban J connectivity index is 1.49. The third kappa shape index (κ3) is 3.74. The molecule has 2 amide bonds. The molecule has 2 aromatic rings. The van der Waals surface area contributed by atoms with E-state index in [9.17, 15) is 9.59 Å². The van der Waals surface area contributed by atoms with Gasteiger partial charge in [0.1, 0.15) is 5.75 Å². The molecule has 2 aliphatic heterocycles. The van der Waals surface area contributed by atoms with Gasteiger partial charge in [-0.15, -0.1) is 0 Å². The first kappa shape index (κ1) is 20.3. The molecule has 0 saturated carbocycles. The van der Waals surface area contributed by atoms with Gasteiger partial charge in [0.25, 0.3) is 5.91 Å². The quantitative estimate of drug-likeness (QED) is 0.780. The highest BCUT2D eigenvalue weighted by molar-refractivity contribution is 6.00. The molecule has 6 heteroatoms. The molecule has 1 saturated heterocycles. The summed E-state index contributed by atoms with van der Waals surface area (Å²) in [7, 11) is 5.48. The molecular formula is C24H29N3O3. The van der Waals surface area contributed by atoms with E-state index >= 15 is 0 Å². The average molecular weight is 408 g/mol. The Morgan fingerprint density at radius 3 is 2.50 bits per heavy atom. The van der Waals surface area contributed by atoms with Gasteiger partial charge in [-0.2, -0.15) is 0 Å². The van der Waals surface area contributed by atoms with Crippen LogP contribution >= 0.6 is 0 Å². The summed E-state index contributed by atoms with van der Waals surface area (Å²) in [6.07, 6.45) is 2.96. The molecule has 2 aromatic carbocycles. The smallest absolute Gasteiger partial charge is 0.255 e. The fourth-order valence-corrected chi connectivity index (χ4v) is 4.54. The van der Waals surface area contributed by atoms with Crippen molar-refractivity contribution in [3.8, 4) is 5.75 Å². The van der Waals surface area contributed by atoms with Crippen molar-refractivity contribution < 1.29 is 14.3 Å². The predicted octanol–water partition coefficient (Wildman–Crippen LogP) is 3.35. The zero-order chi connectivity index (χ0) is 21.3. The first-order chi connectivity index (χ1) is 14.5. The molecule has 0 spiro atoms. The molecule has 1 fully saturated rings. The van der Waals surface area contributed by atoms with Crippen molar-refractivity contribution in [2.75, 3.05) is 44.1 Å². The zero-order valence-corrected chi connectivity index (χ0v) is 17.9. The number of likely N-dealkylation sites (tertiary alicyclic amines) is 1. The van der Waals surface area contributed by atoms with Gasteiger partial charge in [0.2, 0.25) is 5.91 Å². The number of amides is 2. The molecule has 0 N–H and O–H groups in total. The lowest BCUT2D eigenvalue weighted by atomic mass is 9.95. The fraction of sp³-hybridized carbons (Fsp3) is 0.417. The number of nitrogens with zero attached hydrogens (tertiary/aromatic N) is 3. The van der Waals surface area contributed by atoms with E-state index in [-0.39, 0.29) is 17.9 Å². The highest BCUT2D eigenvalue weighted by Gasteiger charge is 2.34. The van der Waals surface area contributed by atoms with Crippen LogP contribution in [0.15, 0.2) is 42.5 Å². The van der Waals surface area contributed by atoms with E-state index < -0.39 is 0 Å². The Labute approximate surface area is 178 Å². The van der Waals surface area contributed by atoms with Gasteiger partial charge in [0.05, 0.1) is 18.4 Å². The van der Waals surface area contributed by atoms with Crippen LogP contribution in [0, 0.1) is 0 Å². The van der Waals surface area contributed by atoms with Gasteiger partial charge in [-0.1, -0.05) is 18.2 Å². The number of aryl methyl sites for hydroxylation is 1. The highest BCUT2D eigenvalue weighted by Crippen LogP contribution is 2.33. The molecule has 6 nitrogen and oxygen atoms in total. The number of anilines is 2. The van der Waals surface area contributed by atoms with Crippen LogP contribution in [0.5, 0.6) is 5.75 Å². The van der Waals surface area contributed by atoms with E-state index in [2.05, 4.69) is 6.07 Å². The summed E-state index contributed by atoms with van der Waals surface area (Å²) in [5.74, 6) is 0.963. The maximum Gasteiger partial charge on any atom is 0.255 e. The van der Waals surface area contributed by atoms with E-state index in [1.54, 1.807) is 7.11 Å². The molecule has 158 valence electrons. The molecular weight excluding hydrogens is 378 g/mol. The summed E-state index contributed by atoms with van der Waals surface area (Å²) in [5.41, 5.74) is 3.81. The molecule has 0 aromatic heterocycles. The number of hydrogen-bond acceptors (Lipinski definition) is 4. The second-order valence-electron chi connectivity index (χ2n) is 8.19. The van der Waals surface area contributed by atoms with Crippen LogP contribution in [-0.4, -0.2) is 57.1 Å². The Hall–Kier alpha value is -3.02. The number of para-hydroxylation sites is 1. The molecule has 0 atom stereocenters. The minimum atomic E-state index is 0.0326. The Morgan fingerprint density at radius 1 is 1.07 bits per heavy atom. The van der Waals surface area contributed by atoms with E-state index in [1.165, 1.54) is 5.56 Å².